The number of nitrogens with zero attached hydrogens (tertiary/aromatic N) is 2. The third kappa shape index (κ3) is 7.30. The van der Waals surface area contributed by atoms with E-state index in [9.17, 15) is 10.1 Å². The van der Waals surface area contributed by atoms with Gasteiger partial charge in [0.2, 0.25) is 0 Å². The van der Waals surface area contributed by atoms with Gasteiger partial charge < -0.3 is 14.4 Å². The van der Waals surface area contributed by atoms with E-state index in [1.807, 2.05) is 53.7 Å². The SMILES string of the molecule is C=C(OC)C(C1CCN(C(=C)OC(C)(C)C)CC1)C(C)c1ccccc1[N+](=O)[O-].CC. The van der Waals surface area contributed by atoms with E-state index in [1.54, 1.807) is 19.2 Å². The standard InChI is InChI=1S/C23H34N2O4.C2H6/c1-16(20-10-8-9-11-21(20)25(26)27)22(17(2)28-7)19-12-14-24(15-13-19)18(3)29-23(4,5)6;1-2/h8-11,16,19,22H,2-3,12-15H2,1,4-7H3;1-2H3. The number of hydrogen-bond acceptors (Lipinski definition) is 5. The van der Waals surface area contributed by atoms with Crippen LogP contribution in [0, 0.1) is 22.0 Å². The van der Waals surface area contributed by atoms with Crippen LogP contribution in [0.2, 0.25) is 0 Å². The highest BCUT2D eigenvalue weighted by atomic mass is 16.6. The maximum atomic E-state index is 11.5. The summed E-state index contributed by atoms with van der Waals surface area (Å²) >= 11 is 0. The van der Waals surface area contributed by atoms with Crippen LogP contribution >= 0.6 is 0 Å². The summed E-state index contributed by atoms with van der Waals surface area (Å²) in [6.45, 7) is 21.9. The van der Waals surface area contributed by atoms with Crippen LogP contribution in [0.3, 0.4) is 0 Å². The van der Waals surface area contributed by atoms with Crippen molar-refractivity contribution < 1.29 is 14.4 Å². The van der Waals surface area contributed by atoms with E-state index in [0.717, 1.165) is 31.5 Å². The summed E-state index contributed by atoms with van der Waals surface area (Å²) in [5, 5.41) is 11.5. The van der Waals surface area contributed by atoms with Gasteiger partial charge in [0, 0.05) is 30.6 Å². The molecule has 1 saturated heterocycles. The Bertz CT molecular complexity index is 746. The number of nitro benzene ring substituents is 1. The summed E-state index contributed by atoms with van der Waals surface area (Å²) in [5.41, 5.74) is 0.601. The molecule has 1 aliphatic rings. The van der Waals surface area contributed by atoms with Crippen LogP contribution in [-0.2, 0) is 9.47 Å². The minimum Gasteiger partial charge on any atom is -0.501 e. The Morgan fingerprint density at radius 2 is 1.74 bits per heavy atom. The molecule has 0 amide bonds. The van der Waals surface area contributed by atoms with Crippen LogP contribution in [0.25, 0.3) is 0 Å². The van der Waals surface area contributed by atoms with Gasteiger partial charge in [-0.05, 0) is 52.0 Å². The fraction of sp³-hybridized carbons (Fsp3) is 0.600. The molecule has 0 spiro atoms. The van der Waals surface area contributed by atoms with E-state index in [-0.39, 0.29) is 28.0 Å². The maximum absolute atomic E-state index is 11.5. The molecule has 1 heterocycles. The average Bonchev–Trinajstić information content (AvgIpc) is 2.74. The number of likely N-dealkylation sites (tertiary alicyclic amines) is 1. The molecule has 2 rings (SSSR count). The van der Waals surface area contributed by atoms with E-state index >= 15 is 0 Å². The van der Waals surface area contributed by atoms with Gasteiger partial charge in [-0.15, -0.1) is 0 Å². The van der Waals surface area contributed by atoms with E-state index in [0.29, 0.717) is 17.6 Å². The van der Waals surface area contributed by atoms with Crippen molar-refractivity contribution in [1.29, 1.82) is 0 Å². The second-order valence-corrected chi connectivity index (χ2v) is 8.73. The van der Waals surface area contributed by atoms with Crippen LogP contribution in [0.4, 0.5) is 5.69 Å². The van der Waals surface area contributed by atoms with Crippen molar-refractivity contribution in [2.24, 2.45) is 11.8 Å². The molecular weight excluding hydrogens is 392 g/mol. The first-order valence-electron chi connectivity index (χ1n) is 11.1. The highest BCUT2D eigenvalue weighted by Crippen LogP contribution is 2.42. The fourth-order valence-electron chi connectivity index (χ4n) is 4.24. The van der Waals surface area contributed by atoms with Crippen molar-refractivity contribution in [3.63, 3.8) is 0 Å². The van der Waals surface area contributed by atoms with Crippen LogP contribution in [0.15, 0.2) is 49.1 Å². The Kier molecular flexibility index (Phi) is 10.1. The van der Waals surface area contributed by atoms with Gasteiger partial charge in [-0.1, -0.05) is 45.5 Å². The number of piperidine rings is 1. The van der Waals surface area contributed by atoms with Crippen molar-refractivity contribution in [1.82, 2.24) is 4.90 Å². The maximum Gasteiger partial charge on any atom is 0.272 e. The smallest absolute Gasteiger partial charge is 0.272 e. The number of para-hydroxylation sites is 1. The number of benzene rings is 1. The molecule has 6 nitrogen and oxygen atoms in total. The molecule has 0 N–H and O–H groups in total. The summed E-state index contributed by atoms with van der Waals surface area (Å²) in [6.07, 6.45) is 1.84. The van der Waals surface area contributed by atoms with Crippen molar-refractivity contribution in [2.45, 2.75) is 65.9 Å². The summed E-state index contributed by atoms with van der Waals surface area (Å²) in [5.74, 6) is 1.62. The lowest BCUT2D eigenvalue weighted by Crippen LogP contribution is -2.39. The molecular formula is C25H40N2O4. The molecule has 31 heavy (non-hydrogen) atoms. The van der Waals surface area contributed by atoms with Crippen LogP contribution in [0.1, 0.15) is 65.9 Å². The van der Waals surface area contributed by atoms with Gasteiger partial charge in [-0.2, -0.15) is 0 Å². The zero-order valence-corrected chi connectivity index (χ0v) is 20.3. The number of methoxy groups -OCH3 is 1. The van der Waals surface area contributed by atoms with Gasteiger partial charge in [0.25, 0.3) is 5.69 Å². The van der Waals surface area contributed by atoms with Crippen molar-refractivity contribution in [3.05, 3.63) is 64.7 Å². The zero-order valence-electron chi connectivity index (χ0n) is 20.3. The molecule has 0 saturated carbocycles. The average molecular weight is 433 g/mol. The van der Waals surface area contributed by atoms with Gasteiger partial charge in [-0.3, -0.25) is 10.1 Å². The third-order valence-corrected chi connectivity index (χ3v) is 5.62. The first-order chi connectivity index (χ1) is 14.5. The van der Waals surface area contributed by atoms with Crippen molar-refractivity contribution in [3.8, 4) is 0 Å². The van der Waals surface area contributed by atoms with Crippen LogP contribution in [-0.4, -0.2) is 35.6 Å². The Morgan fingerprint density at radius 3 is 2.23 bits per heavy atom. The normalized spacial score (nSPS) is 16.4. The van der Waals surface area contributed by atoms with Gasteiger partial charge in [0.1, 0.15) is 5.60 Å². The van der Waals surface area contributed by atoms with Crippen LogP contribution < -0.4 is 0 Å². The van der Waals surface area contributed by atoms with E-state index in [4.69, 9.17) is 9.47 Å². The van der Waals surface area contributed by atoms with Crippen molar-refractivity contribution in [2.75, 3.05) is 20.2 Å². The second-order valence-electron chi connectivity index (χ2n) is 8.73. The van der Waals surface area contributed by atoms with Crippen LogP contribution in [0.5, 0.6) is 0 Å². The highest BCUT2D eigenvalue weighted by molar-refractivity contribution is 5.43. The minimum absolute atomic E-state index is 0.0000461. The third-order valence-electron chi connectivity index (χ3n) is 5.62. The summed E-state index contributed by atoms with van der Waals surface area (Å²) in [4.78, 5) is 13.4. The second kappa shape index (κ2) is 11.8. The number of ether oxygens (including phenoxy) is 2. The molecule has 1 aromatic carbocycles. The predicted octanol–water partition coefficient (Wildman–Crippen LogP) is 6.50. The molecule has 2 unspecified atom stereocenters. The van der Waals surface area contributed by atoms with Gasteiger partial charge >= 0.3 is 0 Å². The summed E-state index contributed by atoms with van der Waals surface area (Å²) < 4.78 is 11.4. The van der Waals surface area contributed by atoms with Gasteiger partial charge in [0.15, 0.2) is 5.88 Å². The summed E-state index contributed by atoms with van der Waals surface area (Å²) in [7, 11) is 1.62. The van der Waals surface area contributed by atoms with Crippen molar-refractivity contribution >= 4 is 5.69 Å². The summed E-state index contributed by atoms with van der Waals surface area (Å²) in [6, 6.07) is 6.96. The molecule has 1 fully saturated rings. The molecule has 1 aliphatic heterocycles. The molecule has 1 aromatic rings. The number of rotatable bonds is 8. The molecule has 2 atom stereocenters. The Balaban J connectivity index is 0.00000233. The highest BCUT2D eigenvalue weighted by Gasteiger charge is 2.36. The molecule has 0 radical (unpaired) electrons. The minimum atomic E-state index is -0.311. The van der Waals surface area contributed by atoms with E-state index < -0.39 is 0 Å². The Hall–Kier alpha value is -2.50. The predicted molar refractivity (Wildman–Crippen MR) is 127 cm³/mol. The topological polar surface area (TPSA) is 64.8 Å². The van der Waals surface area contributed by atoms with E-state index in [2.05, 4.69) is 18.1 Å². The lowest BCUT2D eigenvalue weighted by Gasteiger charge is -2.40. The van der Waals surface area contributed by atoms with E-state index in [1.165, 1.54) is 0 Å². The first-order valence-corrected chi connectivity index (χ1v) is 11.1. The lowest BCUT2D eigenvalue weighted by atomic mass is 9.73. The lowest BCUT2D eigenvalue weighted by molar-refractivity contribution is -0.385. The van der Waals surface area contributed by atoms with Gasteiger partial charge in [0.05, 0.1) is 17.8 Å². The number of nitro groups is 1. The number of hydrogen-bond donors (Lipinski definition) is 0. The number of allylic oxidation sites excluding steroid dienone is 1. The molecule has 6 heteroatoms. The Labute approximate surface area is 188 Å². The molecule has 174 valence electrons. The molecule has 0 aromatic heterocycles. The first kappa shape index (κ1) is 26.5. The Morgan fingerprint density at radius 1 is 1.19 bits per heavy atom. The monoisotopic (exact) mass is 432 g/mol. The zero-order chi connectivity index (χ0) is 23.8. The molecule has 0 bridgehead atoms. The largest absolute Gasteiger partial charge is 0.501 e. The van der Waals surface area contributed by atoms with Gasteiger partial charge in [-0.25, -0.2) is 0 Å². The fourth-order valence-corrected chi connectivity index (χ4v) is 4.24. The quantitative estimate of drug-likeness (QED) is 0.266. The molecule has 0 aliphatic carbocycles.